The third-order valence-electron chi connectivity index (χ3n) is 14.3. The van der Waals surface area contributed by atoms with Crippen molar-refractivity contribution in [1.29, 1.82) is 0 Å². The van der Waals surface area contributed by atoms with Gasteiger partial charge in [-0.3, -0.25) is 0 Å². The van der Waals surface area contributed by atoms with E-state index >= 15 is 0 Å². The first-order valence-corrected chi connectivity index (χ1v) is 22.6. The van der Waals surface area contributed by atoms with Crippen molar-refractivity contribution >= 4 is 60.4 Å². The van der Waals surface area contributed by atoms with Crippen molar-refractivity contribution in [3.63, 3.8) is 0 Å². The highest BCUT2D eigenvalue weighted by atomic mass is 15.1. The fourth-order valence-electron chi connectivity index (χ4n) is 11.8. The summed E-state index contributed by atoms with van der Waals surface area (Å²) in [5.41, 5.74) is 19.4. The van der Waals surface area contributed by atoms with Crippen molar-refractivity contribution in [2.24, 2.45) is 0 Å². The predicted molar refractivity (Wildman–Crippen MR) is 272 cm³/mol. The molecule has 2 aliphatic carbocycles. The summed E-state index contributed by atoms with van der Waals surface area (Å²) in [6.07, 6.45) is 0. The normalized spacial score (nSPS) is 13.0. The van der Waals surface area contributed by atoms with E-state index in [0.29, 0.717) is 0 Å². The molecule has 11 aromatic carbocycles. The number of hydrogen-bond donors (Lipinski definition) is 0. The first-order chi connectivity index (χ1) is 32.3. The van der Waals surface area contributed by atoms with Crippen LogP contribution >= 0.6 is 0 Å². The van der Waals surface area contributed by atoms with E-state index in [1.54, 1.807) is 0 Å². The average Bonchev–Trinajstić information content (AvgIpc) is 3.99. The Morgan fingerprint density at radius 1 is 0.338 bits per heavy atom. The van der Waals surface area contributed by atoms with E-state index in [1.165, 1.54) is 93.5 Å². The second-order valence-corrected chi connectivity index (χ2v) is 17.5. The minimum absolute atomic E-state index is 0.444. The van der Waals surface area contributed by atoms with Crippen LogP contribution in [-0.2, 0) is 5.41 Å². The smallest absolute Gasteiger partial charge is 0.0726 e. The van der Waals surface area contributed by atoms with Gasteiger partial charge in [0.1, 0.15) is 0 Å². The van der Waals surface area contributed by atoms with E-state index in [-0.39, 0.29) is 0 Å². The van der Waals surface area contributed by atoms with E-state index in [2.05, 4.69) is 252 Å². The van der Waals surface area contributed by atoms with Crippen molar-refractivity contribution in [2.45, 2.75) is 5.41 Å². The molecule has 14 rings (SSSR count). The van der Waals surface area contributed by atoms with Gasteiger partial charge < -0.3 is 9.47 Å². The molecule has 0 aliphatic heterocycles. The Balaban J connectivity index is 1.09. The summed E-state index contributed by atoms with van der Waals surface area (Å²) in [6.45, 7) is 0. The van der Waals surface area contributed by atoms with Gasteiger partial charge in [0.05, 0.1) is 22.1 Å². The average molecular weight is 825 g/mol. The summed E-state index contributed by atoms with van der Waals surface area (Å²) >= 11 is 0. The molecule has 1 aromatic heterocycles. The number of aromatic nitrogens is 1. The van der Waals surface area contributed by atoms with Crippen LogP contribution in [0.15, 0.2) is 243 Å². The molecule has 0 saturated heterocycles. The van der Waals surface area contributed by atoms with Crippen LogP contribution < -0.4 is 4.90 Å². The molecule has 0 atom stereocenters. The molecule has 0 saturated carbocycles. The van der Waals surface area contributed by atoms with Gasteiger partial charge in [-0.25, -0.2) is 0 Å². The first kappa shape index (κ1) is 36.1. The summed E-state index contributed by atoms with van der Waals surface area (Å²) in [6, 6.07) is 90.1. The molecule has 2 aliphatic rings. The maximum atomic E-state index is 2.51. The topological polar surface area (TPSA) is 8.17 Å². The molecule has 12 aromatic rings. The Hall–Kier alpha value is -8.46. The molecule has 0 bridgehead atoms. The van der Waals surface area contributed by atoms with Crippen LogP contribution in [0.3, 0.4) is 0 Å². The Morgan fingerprint density at radius 3 is 1.65 bits per heavy atom. The van der Waals surface area contributed by atoms with Gasteiger partial charge in [-0.2, -0.15) is 0 Å². The molecular weight excluding hydrogens is 785 g/mol. The zero-order valence-corrected chi connectivity index (χ0v) is 35.5. The number of para-hydroxylation sites is 2. The highest BCUT2D eigenvalue weighted by Crippen LogP contribution is 2.64. The second kappa shape index (κ2) is 13.8. The van der Waals surface area contributed by atoms with Gasteiger partial charge in [-0.15, -0.1) is 0 Å². The van der Waals surface area contributed by atoms with Crippen molar-refractivity contribution < 1.29 is 0 Å². The molecule has 0 N–H and O–H groups in total. The molecule has 302 valence electrons. The minimum atomic E-state index is -0.444. The molecule has 0 unspecified atom stereocenters. The van der Waals surface area contributed by atoms with E-state index in [0.717, 1.165) is 28.3 Å². The maximum absolute atomic E-state index is 2.51. The molecule has 2 nitrogen and oxygen atoms in total. The fourth-order valence-corrected chi connectivity index (χ4v) is 11.8. The third-order valence-corrected chi connectivity index (χ3v) is 14.3. The van der Waals surface area contributed by atoms with Gasteiger partial charge >= 0.3 is 0 Å². The predicted octanol–water partition coefficient (Wildman–Crippen LogP) is 16.6. The third kappa shape index (κ3) is 4.94. The molecule has 0 amide bonds. The van der Waals surface area contributed by atoms with Crippen molar-refractivity contribution in [3.05, 3.63) is 265 Å². The van der Waals surface area contributed by atoms with Gasteiger partial charge in [0.15, 0.2) is 0 Å². The summed E-state index contributed by atoms with van der Waals surface area (Å²) in [5.74, 6) is 0. The lowest BCUT2D eigenvalue weighted by molar-refractivity contribution is 0.794. The molecular formula is C63H40N2. The summed E-state index contributed by atoms with van der Waals surface area (Å²) in [4.78, 5) is 2.50. The molecule has 2 heteroatoms. The van der Waals surface area contributed by atoms with E-state index < -0.39 is 5.41 Å². The minimum Gasteiger partial charge on any atom is -0.310 e. The van der Waals surface area contributed by atoms with Crippen LogP contribution in [0.4, 0.5) is 17.1 Å². The Bertz CT molecular complexity index is 3850. The van der Waals surface area contributed by atoms with Gasteiger partial charge in [-0.05, 0) is 115 Å². The SMILES string of the molecule is c1ccc(N(c2ccc3c4c(-c5cccc6ccccc56)cc5ccccc5c4n(-c4ccccc4)c3c2)c2cccc3c2-c2ccccc2C32c3ccccc3-c3ccccc32)cc1. The van der Waals surface area contributed by atoms with Crippen LogP contribution in [0.2, 0.25) is 0 Å². The Morgan fingerprint density at radius 2 is 0.892 bits per heavy atom. The number of fused-ring (bicyclic) bond motifs is 16. The lowest BCUT2D eigenvalue weighted by Crippen LogP contribution is -2.26. The quantitative estimate of drug-likeness (QED) is 0.168. The second-order valence-electron chi connectivity index (χ2n) is 17.5. The Labute approximate surface area is 377 Å². The van der Waals surface area contributed by atoms with E-state index in [1.807, 2.05) is 0 Å². The van der Waals surface area contributed by atoms with Crippen molar-refractivity contribution in [2.75, 3.05) is 4.90 Å². The van der Waals surface area contributed by atoms with Crippen LogP contribution in [-0.4, -0.2) is 4.57 Å². The molecule has 65 heavy (non-hydrogen) atoms. The largest absolute Gasteiger partial charge is 0.310 e. The summed E-state index contributed by atoms with van der Waals surface area (Å²) in [5, 5.41) is 7.41. The first-order valence-electron chi connectivity index (χ1n) is 22.6. The van der Waals surface area contributed by atoms with Gasteiger partial charge in [0.2, 0.25) is 0 Å². The van der Waals surface area contributed by atoms with Gasteiger partial charge in [-0.1, -0.05) is 194 Å². The summed E-state index contributed by atoms with van der Waals surface area (Å²) in [7, 11) is 0. The number of anilines is 3. The zero-order chi connectivity index (χ0) is 42.6. The van der Waals surface area contributed by atoms with Crippen LogP contribution in [0, 0.1) is 0 Å². The number of rotatable bonds is 5. The van der Waals surface area contributed by atoms with Crippen LogP contribution in [0.25, 0.3) is 82.4 Å². The zero-order valence-electron chi connectivity index (χ0n) is 35.5. The number of hydrogen-bond acceptors (Lipinski definition) is 1. The van der Waals surface area contributed by atoms with Gasteiger partial charge in [0.25, 0.3) is 0 Å². The van der Waals surface area contributed by atoms with Gasteiger partial charge in [0, 0.05) is 38.8 Å². The lowest BCUT2D eigenvalue weighted by Gasteiger charge is -2.31. The summed E-state index contributed by atoms with van der Waals surface area (Å²) < 4.78 is 2.51. The maximum Gasteiger partial charge on any atom is 0.0726 e. The highest BCUT2D eigenvalue weighted by Gasteiger charge is 2.52. The Kier molecular flexibility index (Phi) is 7.64. The number of nitrogens with zero attached hydrogens (tertiary/aromatic N) is 2. The van der Waals surface area contributed by atoms with Crippen molar-refractivity contribution in [1.82, 2.24) is 4.57 Å². The molecule has 0 fully saturated rings. The fraction of sp³-hybridized carbons (Fsp3) is 0.0159. The van der Waals surface area contributed by atoms with E-state index in [4.69, 9.17) is 0 Å². The monoisotopic (exact) mass is 824 g/mol. The standard InChI is InChI=1S/C63H40N2/c1-3-22-43(23-4-1)64(58-36-18-35-57-61(58)51-30-13-16-34-56(51)63(57)54-32-14-11-28-49(54)50-29-12-15-33-55(50)63)45-37-38-52-59(40-45)65(44-24-5-2-6-25-44)62-47-27-10-8-20-42(47)39-53(60(52)62)48-31-17-21-41-19-7-9-26-46(41)48/h1-40H. The number of benzene rings is 11. The highest BCUT2D eigenvalue weighted by molar-refractivity contribution is 6.26. The molecule has 0 radical (unpaired) electrons. The van der Waals surface area contributed by atoms with E-state index in [9.17, 15) is 0 Å². The molecule has 1 spiro atoms. The van der Waals surface area contributed by atoms with Crippen molar-refractivity contribution in [3.8, 4) is 39.1 Å². The van der Waals surface area contributed by atoms with Crippen LogP contribution in [0.5, 0.6) is 0 Å². The molecule has 1 heterocycles. The lowest BCUT2D eigenvalue weighted by atomic mass is 9.70. The van der Waals surface area contributed by atoms with Crippen LogP contribution in [0.1, 0.15) is 22.3 Å².